The van der Waals surface area contributed by atoms with Crippen LogP contribution >= 0.6 is 12.4 Å². The quantitative estimate of drug-likeness (QED) is 0.697. The van der Waals surface area contributed by atoms with Gasteiger partial charge in [-0.05, 0) is 30.0 Å². The van der Waals surface area contributed by atoms with Gasteiger partial charge in [0, 0.05) is 6.54 Å². The van der Waals surface area contributed by atoms with E-state index in [1.54, 1.807) is 12.1 Å². The van der Waals surface area contributed by atoms with Gasteiger partial charge in [-0.2, -0.15) is 0 Å². The van der Waals surface area contributed by atoms with Gasteiger partial charge in [-0.25, -0.2) is 4.39 Å². The van der Waals surface area contributed by atoms with E-state index in [9.17, 15) is 14.0 Å². The van der Waals surface area contributed by atoms with Crippen LogP contribution in [-0.2, 0) is 16.0 Å². The number of nitrogens with one attached hydrogen (secondary N) is 2. The number of amides is 2. The van der Waals surface area contributed by atoms with Crippen molar-refractivity contribution in [2.24, 2.45) is 11.7 Å². The Morgan fingerprint density at radius 1 is 1.18 bits per heavy atom. The van der Waals surface area contributed by atoms with Crippen molar-refractivity contribution < 1.29 is 14.0 Å². The first-order chi connectivity index (χ1) is 9.90. The highest BCUT2D eigenvalue weighted by molar-refractivity contribution is 5.87. The molecule has 0 aromatic heterocycles. The predicted molar refractivity (Wildman–Crippen MR) is 86.2 cm³/mol. The monoisotopic (exact) mass is 331 g/mol. The molecule has 0 aliphatic rings. The number of carbonyl (C=O) groups excluding carboxylic acids is 2. The van der Waals surface area contributed by atoms with Crippen LogP contribution < -0.4 is 16.4 Å². The summed E-state index contributed by atoms with van der Waals surface area (Å²) in [5, 5.41) is 5.18. The van der Waals surface area contributed by atoms with Crippen LogP contribution in [0.3, 0.4) is 0 Å². The van der Waals surface area contributed by atoms with E-state index in [1.807, 2.05) is 13.8 Å². The molecule has 0 spiro atoms. The maximum absolute atomic E-state index is 12.7. The van der Waals surface area contributed by atoms with Crippen molar-refractivity contribution in [3.05, 3.63) is 35.6 Å². The molecule has 1 rings (SSSR count). The van der Waals surface area contributed by atoms with Crippen LogP contribution in [0.5, 0.6) is 0 Å². The van der Waals surface area contributed by atoms with E-state index in [0.29, 0.717) is 13.0 Å². The van der Waals surface area contributed by atoms with Crippen molar-refractivity contribution in [3.63, 3.8) is 0 Å². The minimum atomic E-state index is -0.614. The normalized spacial score (nSPS) is 11.5. The van der Waals surface area contributed by atoms with Crippen molar-refractivity contribution in [2.75, 3.05) is 13.1 Å². The molecule has 0 bridgehead atoms. The molecule has 1 atom stereocenters. The molecule has 2 amide bonds. The molecule has 124 valence electrons. The van der Waals surface area contributed by atoms with Crippen LogP contribution in [0.15, 0.2) is 24.3 Å². The largest absolute Gasteiger partial charge is 0.354 e. The van der Waals surface area contributed by atoms with Crippen molar-refractivity contribution in [1.29, 1.82) is 0 Å². The maximum atomic E-state index is 12.7. The van der Waals surface area contributed by atoms with Crippen molar-refractivity contribution in [2.45, 2.75) is 26.3 Å². The number of hydrogen-bond donors (Lipinski definition) is 3. The van der Waals surface area contributed by atoms with E-state index >= 15 is 0 Å². The molecule has 22 heavy (non-hydrogen) atoms. The zero-order chi connectivity index (χ0) is 15.8. The Bertz CT molecular complexity index is 480. The summed E-state index contributed by atoms with van der Waals surface area (Å²) in [5.74, 6) is -0.876. The Kier molecular flexibility index (Phi) is 9.37. The lowest BCUT2D eigenvalue weighted by Crippen LogP contribution is -2.47. The van der Waals surface area contributed by atoms with E-state index in [2.05, 4.69) is 10.6 Å². The Morgan fingerprint density at radius 2 is 1.77 bits per heavy atom. The average Bonchev–Trinajstić information content (AvgIpc) is 2.46. The fourth-order valence-corrected chi connectivity index (χ4v) is 1.65. The predicted octanol–water partition coefficient (Wildman–Crippen LogP) is 1.01. The number of nitrogens with two attached hydrogens (primary N) is 1. The molecule has 0 heterocycles. The van der Waals surface area contributed by atoms with Crippen LogP contribution in [0, 0.1) is 11.7 Å². The highest BCUT2D eigenvalue weighted by Crippen LogP contribution is 2.02. The number of rotatable bonds is 7. The van der Waals surface area contributed by atoms with Crippen LogP contribution in [0.1, 0.15) is 19.4 Å². The zero-order valence-electron chi connectivity index (χ0n) is 12.8. The number of halogens is 2. The van der Waals surface area contributed by atoms with Crippen LogP contribution in [0.25, 0.3) is 0 Å². The second-order valence-corrected chi connectivity index (χ2v) is 5.21. The fourth-order valence-electron chi connectivity index (χ4n) is 1.65. The van der Waals surface area contributed by atoms with Crippen molar-refractivity contribution >= 4 is 24.2 Å². The van der Waals surface area contributed by atoms with Gasteiger partial charge in [0.15, 0.2) is 0 Å². The lowest BCUT2D eigenvalue weighted by molar-refractivity contribution is -0.127. The Hall–Kier alpha value is -1.66. The lowest BCUT2D eigenvalue weighted by atomic mass is 10.1. The summed E-state index contributed by atoms with van der Waals surface area (Å²) in [4.78, 5) is 23.1. The molecular weight excluding hydrogens is 309 g/mol. The summed E-state index contributed by atoms with van der Waals surface area (Å²) >= 11 is 0. The van der Waals surface area contributed by atoms with Crippen molar-refractivity contribution in [3.8, 4) is 0 Å². The van der Waals surface area contributed by atoms with Gasteiger partial charge >= 0.3 is 0 Å². The Morgan fingerprint density at radius 3 is 2.32 bits per heavy atom. The second kappa shape index (κ2) is 10.1. The topological polar surface area (TPSA) is 84.2 Å². The third kappa shape index (κ3) is 7.38. The lowest BCUT2D eigenvalue weighted by Gasteiger charge is -2.15. The Balaban J connectivity index is 0.00000441. The van der Waals surface area contributed by atoms with E-state index in [4.69, 9.17) is 5.73 Å². The molecule has 0 saturated carbocycles. The minimum Gasteiger partial charge on any atom is -0.354 e. The average molecular weight is 332 g/mol. The molecule has 1 aromatic rings. The first-order valence-corrected chi connectivity index (χ1v) is 6.94. The number of carbonyl (C=O) groups is 2. The van der Waals surface area contributed by atoms with E-state index in [-0.39, 0.29) is 42.5 Å². The summed E-state index contributed by atoms with van der Waals surface area (Å²) in [5.41, 5.74) is 6.59. The molecule has 0 aliphatic heterocycles. The van der Waals surface area contributed by atoms with Crippen molar-refractivity contribution in [1.82, 2.24) is 10.6 Å². The zero-order valence-corrected chi connectivity index (χ0v) is 13.6. The molecular formula is C15H23ClFN3O2. The van der Waals surface area contributed by atoms with Gasteiger partial charge in [0.1, 0.15) is 5.82 Å². The van der Waals surface area contributed by atoms with Gasteiger partial charge in [0.05, 0.1) is 12.6 Å². The van der Waals surface area contributed by atoms with E-state index in [0.717, 1.165) is 5.56 Å². The van der Waals surface area contributed by atoms with Gasteiger partial charge in [0.25, 0.3) is 0 Å². The SMILES string of the molecule is CC(C)[C@H](N)C(=O)NCC(=O)NCCc1ccc(F)cc1.Cl. The summed E-state index contributed by atoms with van der Waals surface area (Å²) in [7, 11) is 0. The summed E-state index contributed by atoms with van der Waals surface area (Å²) in [6.07, 6.45) is 0.603. The van der Waals surface area contributed by atoms with Crippen LogP contribution in [0.2, 0.25) is 0 Å². The summed E-state index contributed by atoms with van der Waals surface area (Å²) in [6.45, 7) is 4.01. The van der Waals surface area contributed by atoms with Gasteiger partial charge in [-0.15, -0.1) is 12.4 Å². The van der Waals surface area contributed by atoms with E-state index in [1.165, 1.54) is 12.1 Å². The minimum absolute atomic E-state index is 0. The summed E-state index contributed by atoms with van der Waals surface area (Å²) < 4.78 is 12.7. The molecule has 7 heteroatoms. The molecule has 0 saturated heterocycles. The fraction of sp³-hybridized carbons (Fsp3) is 0.467. The molecule has 4 N–H and O–H groups in total. The standard InChI is InChI=1S/C15H22FN3O2.ClH/c1-10(2)14(17)15(21)19-9-13(20)18-8-7-11-3-5-12(16)6-4-11;/h3-6,10,14H,7-9,17H2,1-2H3,(H,18,20)(H,19,21);1H/t14-;/m0./s1. The van der Waals surface area contributed by atoms with Crippen LogP contribution in [0.4, 0.5) is 4.39 Å². The maximum Gasteiger partial charge on any atom is 0.239 e. The number of benzene rings is 1. The van der Waals surface area contributed by atoms with Gasteiger partial charge in [-0.3, -0.25) is 9.59 Å². The van der Waals surface area contributed by atoms with Gasteiger partial charge in [-0.1, -0.05) is 26.0 Å². The van der Waals surface area contributed by atoms with Gasteiger partial charge < -0.3 is 16.4 Å². The molecule has 5 nitrogen and oxygen atoms in total. The Labute approximate surface area is 136 Å². The van der Waals surface area contributed by atoms with Gasteiger partial charge in [0.2, 0.25) is 11.8 Å². The second-order valence-electron chi connectivity index (χ2n) is 5.21. The molecule has 0 fully saturated rings. The third-order valence-electron chi connectivity index (χ3n) is 3.09. The first kappa shape index (κ1) is 20.3. The number of hydrogen-bond acceptors (Lipinski definition) is 3. The van der Waals surface area contributed by atoms with Crippen LogP contribution in [-0.4, -0.2) is 30.9 Å². The van der Waals surface area contributed by atoms with E-state index < -0.39 is 6.04 Å². The summed E-state index contributed by atoms with van der Waals surface area (Å²) in [6, 6.07) is 5.49. The molecule has 0 aliphatic carbocycles. The highest BCUT2D eigenvalue weighted by atomic mass is 35.5. The third-order valence-corrected chi connectivity index (χ3v) is 3.09. The smallest absolute Gasteiger partial charge is 0.239 e. The molecule has 1 aromatic carbocycles. The highest BCUT2D eigenvalue weighted by Gasteiger charge is 2.17. The molecule has 0 radical (unpaired) electrons. The first-order valence-electron chi connectivity index (χ1n) is 6.94. The molecule has 0 unspecified atom stereocenters.